The fourth-order valence-corrected chi connectivity index (χ4v) is 2.84. The van der Waals surface area contributed by atoms with Crippen molar-refractivity contribution in [3.63, 3.8) is 0 Å². The fraction of sp³-hybridized carbons (Fsp3) is 0.400. The highest BCUT2D eigenvalue weighted by atomic mass is 32.2. The van der Waals surface area contributed by atoms with Crippen LogP contribution >= 0.6 is 11.8 Å². The minimum absolute atomic E-state index is 0.114. The Morgan fingerprint density at radius 3 is 2.30 bits per heavy atom. The Balaban J connectivity index is 2.83. The molecule has 1 aromatic heterocycles. The van der Waals surface area contributed by atoms with Crippen molar-refractivity contribution >= 4 is 22.7 Å². The zero-order valence-electron chi connectivity index (χ0n) is 12.1. The molecule has 0 aliphatic heterocycles. The minimum atomic E-state index is -0.805. The molecule has 20 heavy (non-hydrogen) atoms. The summed E-state index contributed by atoms with van der Waals surface area (Å²) in [5.41, 5.74) is 0.146. The predicted octanol–water partition coefficient (Wildman–Crippen LogP) is 4.58. The van der Waals surface area contributed by atoms with Crippen LogP contribution in [0.5, 0.6) is 0 Å². The van der Waals surface area contributed by atoms with E-state index in [1.165, 1.54) is 6.07 Å². The maximum Gasteiger partial charge on any atom is 0.339 e. The molecule has 0 aliphatic carbocycles. The second-order valence-electron chi connectivity index (χ2n) is 5.73. The number of fused-ring (bicyclic) bond motifs is 1. The van der Waals surface area contributed by atoms with Gasteiger partial charge in [-0.3, -0.25) is 0 Å². The van der Waals surface area contributed by atoms with Crippen molar-refractivity contribution in [3.8, 4) is 0 Å². The molecule has 0 saturated carbocycles. The molecule has 0 unspecified atom stereocenters. The van der Waals surface area contributed by atoms with Crippen LogP contribution in [0, 0.1) is 25.5 Å². The second kappa shape index (κ2) is 4.88. The summed E-state index contributed by atoms with van der Waals surface area (Å²) < 4.78 is 33.3. The van der Waals surface area contributed by atoms with Gasteiger partial charge >= 0.3 is 5.63 Å². The van der Waals surface area contributed by atoms with Crippen LogP contribution in [0.1, 0.15) is 31.9 Å². The summed E-state index contributed by atoms with van der Waals surface area (Å²) in [6.45, 7) is 8.81. The van der Waals surface area contributed by atoms with E-state index in [1.807, 2.05) is 20.8 Å². The summed E-state index contributed by atoms with van der Waals surface area (Å²) in [5.74, 6) is -1.44. The highest BCUT2D eigenvalue weighted by Crippen LogP contribution is 2.38. The predicted molar refractivity (Wildman–Crippen MR) is 77.5 cm³/mol. The van der Waals surface area contributed by atoms with Crippen molar-refractivity contribution in [2.75, 3.05) is 0 Å². The van der Waals surface area contributed by atoms with E-state index in [4.69, 9.17) is 4.42 Å². The van der Waals surface area contributed by atoms with Gasteiger partial charge in [-0.05, 0) is 25.5 Å². The van der Waals surface area contributed by atoms with Gasteiger partial charge in [-0.25, -0.2) is 13.6 Å². The third kappa shape index (κ3) is 2.59. The van der Waals surface area contributed by atoms with E-state index in [1.54, 1.807) is 13.8 Å². The lowest BCUT2D eigenvalue weighted by molar-refractivity contribution is 0.493. The number of benzene rings is 1. The summed E-state index contributed by atoms with van der Waals surface area (Å²) in [7, 11) is 0. The zero-order chi connectivity index (χ0) is 15.2. The summed E-state index contributed by atoms with van der Waals surface area (Å²) in [6.07, 6.45) is 0. The summed E-state index contributed by atoms with van der Waals surface area (Å²) in [4.78, 5) is 11.5. The third-order valence-electron chi connectivity index (χ3n) is 3.01. The van der Waals surface area contributed by atoms with Crippen LogP contribution in [-0.4, -0.2) is 4.75 Å². The lowest BCUT2D eigenvalue weighted by Gasteiger charge is -2.19. The van der Waals surface area contributed by atoms with Gasteiger partial charge in [0, 0.05) is 15.7 Å². The molecule has 5 heteroatoms. The molecule has 2 aromatic rings. The fourth-order valence-electron chi connectivity index (χ4n) is 1.89. The molecule has 108 valence electrons. The number of hydrogen-bond donors (Lipinski definition) is 0. The average Bonchev–Trinajstić information content (AvgIpc) is 2.33. The van der Waals surface area contributed by atoms with E-state index in [2.05, 4.69) is 0 Å². The first-order chi connectivity index (χ1) is 9.11. The van der Waals surface area contributed by atoms with E-state index in [9.17, 15) is 13.6 Å². The van der Waals surface area contributed by atoms with Crippen LogP contribution in [0.3, 0.4) is 0 Å². The first kappa shape index (κ1) is 15.0. The maximum atomic E-state index is 14.5. The Kier molecular flexibility index (Phi) is 3.67. The number of rotatable bonds is 1. The zero-order valence-corrected chi connectivity index (χ0v) is 12.9. The van der Waals surface area contributed by atoms with Gasteiger partial charge in [0.2, 0.25) is 0 Å². The van der Waals surface area contributed by atoms with Gasteiger partial charge in [-0.15, -0.1) is 11.8 Å². The van der Waals surface area contributed by atoms with Gasteiger partial charge in [0.15, 0.2) is 11.4 Å². The van der Waals surface area contributed by atoms with Crippen LogP contribution in [0.15, 0.2) is 20.2 Å². The van der Waals surface area contributed by atoms with Gasteiger partial charge in [-0.1, -0.05) is 20.8 Å². The third-order valence-corrected chi connectivity index (χ3v) is 4.20. The average molecular weight is 298 g/mol. The number of thioether (sulfide) groups is 1. The van der Waals surface area contributed by atoms with Crippen LogP contribution in [0.2, 0.25) is 0 Å². The molecular weight excluding hydrogens is 282 g/mol. The molecule has 2 nitrogen and oxygen atoms in total. The molecule has 0 radical (unpaired) electrons. The largest absolute Gasteiger partial charge is 0.419 e. The molecule has 0 saturated heterocycles. The Labute approximate surface area is 120 Å². The Hall–Kier alpha value is -1.36. The normalized spacial score (nSPS) is 12.2. The first-order valence-corrected chi connectivity index (χ1v) is 7.04. The minimum Gasteiger partial charge on any atom is -0.419 e. The van der Waals surface area contributed by atoms with E-state index in [0.717, 1.165) is 11.8 Å². The summed E-state index contributed by atoms with van der Waals surface area (Å²) in [6, 6.07) is 1.23. The number of halogens is 2. The van der Waals surface area contributed by atoms with Gasteiger partial charge < -0.3 is 4.42 Å². The quantitative estimate of drug-likeness (QED) is 0.570. The van der Waals surface area contributed by atoms with Crippen LogP contribution in [0.25, 0.3) is 11.0 Å². The van der Waals surface area contributed by atoms with E-state index < -0.39 is 17.3 Å². The van der Waals surface area contributed by atoms with Crippen LogP contribution < -0.4 is 5.63 Å². The van der Waals surface area contributed by atoms with Crippen molar-refractivity contribution in [1.82, 2.24) is 0 Å². The summed E-state index contributed by atoms with van der Waals surface area (Å²) in [5, 5.41) is 0.301. The monoisotopic (exact) mass is 298 g/mol. The lowest BCUT2D eigenvalue weighted by atomic mass is 10.1. The van der Waals surface area contributed by atoms with E-state index >= 15 is 0 Å². The maximum absolute atomic E-state index is 14.5. The molecule has 1 heterocycles. The van der Waals surface area contributed by atoms with Crippen LogP contribution in [-0.2, 0) is 0 Å². The lowest BCUT2D eigenvalue weighted by Crippen LogP contribution is -2.10. The number of hydrogen-bond acceptors (Lipinski definition) is 3. The Morgan fingerprint density at radius 1 is 1.15 bits per heavy atom. The molecule has 0 bridgehead atoms. The highest BCUT2D eigenvalue weighted by molar-refractivity contribution is 8.00. The molecule has 0 spiro atoms. The van der Waals surface area contributed by atoms with Crippen molar-refractivity contribution in [1.29, 1.82) is 0 Å². The molecule has 0 amide bonds. The van der Waals surface area contributed by atoms with Gasteiger partial charge in [0.05, 0.1) is 4.90 Å². The van der Waals surface area contributed by atoms with E-state index in [0.29, 0.717) is 16.5 Å². The second-order valence-corrected chi connectivity index (χ2v) is 7.57. The highest BCUT2D eigenvalue weighted by Gasteiger charge is 2.23. The smallest absolute Gasteiger partial charge is 0.339 e. The number of aryl methyl sites for hydroxylation is 1. The molecule has 1 aromatic carbocycles. The Bertz CT molecular complexity index is 742. The first-order valence-electron chi connectivity index (χ1n) is 6.23. The molecule has 0 N–H and O–H groups in total. The van der Waals surface area contributed by atoms with Crippen molar-refractivity contribution in [2.45, 2.75) is 44.3 Å². The molecular formula is C15H16F2O2S. The van der Waals surface area contributed by atoms with E-state index in [-0.39, 0.29) is 15.2 Å². The molecule has 0 atom stereocenters. The van der Waals surface area contributed by atoms with Gasteiger partial charge in [0.1, 0.15) is 5.82 Å². The van der Waals surface area contributed by atoms with Gasteiger partial charge in [-0.2, -0.15) is 0 Å². The topological polar surface area (TPSA) is 30.2 Å². The summed E-state index contributed by atoms with van der Waals surface area (Å²) >= 11 is 1.07. The van der Waals surface area contributed by atoms with Crippen LogP contribution in [0.4, 0.5) is 8.78 Å². The standard InChI is InChI=1S/C15H16F2O2S/c1-7-8(2)14(18)19-12-9(7)6-10(16)13(11(12)17)20-15(3,4)5/h6H,1-5H3. The van der Waals surface area contributed by atoms with Crippen molar-refractivity contribution < 1.29 is 13.2 Å². The Morgan fingerprint density at radius 2 is 1.75 bits per heavy atom. The SMILES string of the molecule is Cc1c(C)c2cc(F)c(SC(C)(C)C)c(F)c2oc1=O. The molecule has 0 aliphatic rings. The molecule has 2 rings (SSSR count). The van der Waals surface area contributed by atoms with Crippen molar-refractivity contribution in [3.05, 3.63) is 39.2 Å². The van der Waals surface area contributed by atoms with Crippen molar-refractivity contribution in [2.24, 2.45) is 0 Å². The van der Waals surface area contributed by atoms with Gasteiger partial charge in [0.25, 0.3) is 0 Å². The molecule has 0 fully saturated rings.